The van der Waals surface area contributed by atoms with Gasteiger partial charge < -0.3 is 10.4 Å². The van der Waals surface area contributed by atoms with E-state index in [1.165, 1.54) is 12.1 Å². The fourth-order valence-electron chi connectivity index (χ4n) is 2.06. The zero-order valence-electron chi connectivity index (χ0n) is 11.6. The minimum atomic E-state index is -4.45. The predicted octanol–water partition coefficient (Wildman–Crippen LogP) is 3.03. The standard InChI is InChI=1S/C13H8Cl2N4O4S/c14-11-17-12(15)19-13(18-11)16-7-1-2-9-6(3-7)4-8(5-10(9)20)24(21,22)23/h1-5,20H,(H,21,22,23)(H,16,17,18,19). The Hall–Kier alpha value is -2.20. The van der Waals surface area contributed by atoms with Gasteiger partial charge in [-0.15, -0.1) is 0 Å². The third kappa shape index (κ3) is 3.49. The topological polar surface area (TPSA) is 125 Å². The van der Waals surface area contributed by atoms with Crippen LogP contribution in [0.3, 0.4) is 0 Å². The molecular weight excluding hydrogens is 379 g/mol. The largest absolute Gasteiger partial charge is 0.507 e. The van der Waals surface area contributed by atoms with Gasteiger partial charge in [0.2, 0.25) is 16.5 Å². The molecule has 8 nitrogen and oxygen atoms in total. The molecule has 3 rings (SSSR count). The number of nitrogens with one attached hydrogen (secondary N) is 1. The molecule has 0 saturated carbocycles. The van der Waals surface area contributed by atoms with Crippen molar-refractivity contribution in [3.05, 3.63) is 40.9 Å². The number of nitrogens with zero attached hydrogens (tertiary/aromatic N) is 3. The molecule has 0 radical (unpaired) electrons. The quantitative estimate of drug-likeness (QED) is 0.586. The highest BCUT2D eigenvalue weighted by Gasteiger charge is 2.14. The zero-order chi connectivity index (χ0) is 17.5. The highest BCUT2D eigenvalue weighted by Crippen LogP contribution is 2.31. The highest BCUT2D eigenvalue weighted by molar-refractivity contribution is 7.85. The Morgan fingerprint density at radius 3 is 2.29 bits per heavy atom. The van der Waals surface area contributed by atoms with E-state index in [0.717, 1.165) is 6.07 Å². The molecule has 0 aliphatic carbocycles. The maximum Gasteiger partial charge on any atom is 0.294 e. The molecule has 0 saturated heterocycles. The van der Waals surface area contributed by atoms with Crippen molar-refractivity contribution in [1.29, 1.82) is 0 Å². The van der Waals surface area contributed by atoms with Crippen molar-refractivity contribution in [2.75, 3.05) is 5.32 Å². The normalized spacial score (nSPS) is 11.6. The Kier molecular flexibility index (Phi) is 4.18. The Bertz CT molecular complexity index is 1040. The summed E-state index contributed by atoms with van der Waals surface area (Å²) in [6.07, 6.45) is 0. The summed E-state index contributed by atoms with van der Waals surface area (Å²) in [6, 6.07) is 6.90. The van der Waals surface area contributed by atoms with Crippen molar-refractivity contribution in [2.24, 2.45) is 0 Å². The molecule has 3 aromatic rings. The monoisotopic (exact) mass is 386 g/mol. The molecule has 3 N–H and O–H groups in total. The highest BCUT2D eigenvalue weighted by atomic mass is 35.5. The van der Waals surface area contributed by atoms with E-state index >= 15 is 0 Å². The third-order valence-corrected chi connectivity index (χ3v) is 4.21. The van der Waals surface area contributed by atoms with Crippen LogP contribution in [-0.2, 0) is 10.1 Å². The number of phenolic OH excluding ortho intramolecular Hbond substituents is 1. The molecule has 11 heteroatoms. The van der Waals surface area contributed by atoms with Crippen LogP contribution in [0.1, 0.15) is 0 Å². The lowest BCUT2D eigenvalue weighted by Crippen LogP contribution is -2.00. The van der Waals surface area contributed by atoms with Crippen molar-refractivity contribution in [3.63, 3.8) is 0 Å². The lowest BCUT2D eigenvalue weighted by Gasteiger charge is -2.08. The van der Waals surface area contributed by atoms with Crippen molar-refractivity contribution in [2.45, 2.75) is 4.90 Å². The van der Waals surface area contributed by atoms with Crippen LogP contribution in [-0.4, -0.2) is 33.0 Å². The molecule has 24 heavy (non-hydrogen) atoms. The van der Waals surface area contributed by atoms with Gasteiger partial charge in [-0.05, 0) is 52.9 Å². The van der Waals surface area contributed by atoms with Crippen molar-refractivity contribution >= 4 is 55.7 Å². The molecule has 0 fully saturated rings. The summed E-state index contributed by atoms with van der Waals surface area (Å²) in [4.78, 5) is 10.9. The van der Waals surface area contributed by atoms with E-state index in [1.807, 2.05) is 0 Å². The van der Waals surface area contributed by atoms with Crippen LogP contribution < -0.4 is 5.32 Å². The summed E-state index contributed by atoms with van der Waals surface area (Å²) in [5, 5.41) is 13.3. The second-order valence-electron chi connectivity index (χ2n) is 4.68. The first-order valence-electron chi connectivity index (χ1n) is 6.31. The molecule has 0 aliphatic heterocycles. The number of anilines is 2. The van der Waals surface area contributed by atoms with E-state index in [9.17, 15) is 13.5 Å². The van der Waals surface area contributed by atoms with Gasteiger partial charge in [0.1, 0.15) is 5.75 Å². The van der Waals surface area contributed by atoms with E-state index in [2.05, 4.69) is 20.3 Å². The molecule has 0 aliphatic rings. The van der Waals surface area contributed by atoms with Crippen LogP contribution in [0.15, 0.2) is 35.2 Å². The van der Waals surface area contributed by atoms with Crippen LogP contribution in [0, 0.1) is 0 Å². The molecule has 0 unspecified atom stereocenters. The van der Waals surface area contributed by atoms with Gasteiger partial charge >= 0.3 is 0 Å². The van der Waals surface area contributed by atoms with Gasteiger partial charge in [-0.1, -0.05) is 0 Å². The minimum Gasteiger partial charge on any atom is -0.507 e. The van der Waals surface area contributed by atoms with E-state index in [4.69, 9.17) is 27.8 Å². The lowest BCUT2D eigenvalue weighted by molar-refractivity contribution is 0.471. The van der Waals surface area contributed by atoms with Gasteiger partial charge in [-0.3, -0.25) is 4.55 Å². The number of aromatic nitrogens is 3. The first-order valence-corrected chi connectivity index (χ1v) is 8.50. The summed E-state index contributed by atoms with van der Waals surface area (Å²) in [5.74, 6) is -0.188. The summed E-state index contributed by atoms with van der Waals surface area (Å²) < 4.78 is 31.6. The van der Waals surface area contributed by atoms with Gasteiger partial charge in [0, 0.05) is 17.1 Å². The Labute approximate surface area is 145 Å². The fourth-order valence-corrected chi connectivity index (χ4v) is 2.96. The number of hydrogen-bond donors (Lipinski definition) is 3. The summed E-state index contributed by atoms with van der Waals surface area (Å²) in [7, 11) is -4.45. The van der Waals surface area contributed by atoms with Gasteiger partial charge in [0.15, 0.2) is 0 Å². The fraction of sp³-hybridized carbons (Fsp3) is 0. The summed E-state index contributed by atoms with van der Waals surface area (Å²) in [6.45, 7) is 0. The van der Waals surface area contributed by atoms with E-state index in [0.29, 0.717) is 16.5 Å². The Morgan fingerprint density at radius 2 is 1.67 bits per heavy atom. The van der Waals surface area contributed by atoms with Crippen LogP contribution in [0.4, 0.5) is 11.6 Å². The van der Waals surface area contributed by atoms with Crippen LogP contribution in [0.2, 0.25) is 10.6 Å². The van der Waals surface area contributed by atoms with Gasteiger partial charge in [-0.25, -0.2) is 0 Å². The molecule has 0 spiro atoms. The predicted molar refractivity (Wildman–Crippen MR) is 88.6 cm³/mol. The van der Waals surface area contributed by atoms with E-state index < -0.39 is 15.0 Å². The van der Waals surface area contributed by atoms with E-state index in [1.54, 1.807) is 12.1 Å². The van der Waals surface area contributed by atoms with E-state index in [-0.39, 0.29) is 22.3 Å². The van der Waals surface area contributed by atoms with Crippen molar-refractivity contribution in [1.82, 2.24) is 15.0 Å². The number of hydrogen-bond acceptors (Lipinski definition) is 7. The molecule has 0 bridgehead atoms. The number of benzene rings is 2. The first kappa shape index (κ1) is 16.7. The number of aromatic hydroxyl groups is 1. The first-order chi connectivity index (χ1) is 11.2. The average molecular weight is 387 g/mol. The number of halogens is 2. The maximum atomic E-state index is 11.3. The minimum absolute atomic E-state index is 0.0921. The zero-order valence-corrected chi connectivity index (χ0v) is 13.9. The molecule has 0 amide bonds. The molecule has 0 atom stereocenters. The summed E-state index contributed by atoms with van der Waals surface area (Å²) >= 11 is 11.4. The SMILES string of the molecule is O=S(=O)(O)c1cc(O)c2ccc(Nc3nc(Cl)nc(Cl)n3)cc2c1. The smallest absolute Gasteiger partial charge is 0.294 e. The molecule has 2 aromatic carbocycles. The number of phenols is 1. The lowest BCUT2D eigenvalue weighted by atomic mass is 10.1. The van der Waals surface area contributed by atoms with Crippen molar-refractivity contribution < 1.29 is 18.1 Å². The van der Waals surface area contributed by atoms with Gasteiger partial charge in [0.25, 0.3) is 10.1 Å². The maximum absolute atomic E-state index is 11.3. The molecule has 1 heterocycles. The number of fused-ring (bicyclic) bond motifs is 1. The second-order valence-corrected chi connectivity index (χ2v) is 6.77. The van der Waals surface area contributed by atoms with Crippen LogP contribution in [0.5, 0.6) is 5.75 Å². The average Bonchev–Trinajstić information content (AvgIpc) is 2.44. The Morgan fingerprint density at radius 1 is 1.00 bits per heavy atom. The Balaban J connectivity index is 2.07. The number of rotatable bonds is 3. The molecule has 1 aromatic heterocycles. The second kappa shape index (κ2) is 6.02. The van der Waals surface area contributed by atoms with Gasteiger partial charge in [0.05, 0.1) is 4.90 Å². The third-order valence-electron chi connectivity index (χ3n) is 3.04. The van der Waals surface area contributed by atoms with Crippen LogP contribution >= 0.6 is 23.2 Å². The molecule has 124 valence electrons. The van der Waals surface area contributed by atoms with Crippen LogP contribution in [0.25, 0.3) is 10.8 Å². The summed E-state index contributed by atoms with van der Waals surface area (Å²) in [5.41, 5.74) is 0.479. The van der Waals surface area contributed by atoms with Crippen molar-refractivity contribution in [3.8, 4) is 5.75 Å². The van der Waals surface area contributed by atoms with Gasteiger partial charge in [-0.2, -0.15) is 23.4 Å². The molecular formula is C13H8Cl2N4O4S.